The molecule has 0 unspecified atom stereocenters. The van der Waals surface area contributed by atoms with E-state index in [1.807, 2.05) is 18.7 Å². The van der Waals surface area contributed by atoms with Gasteiger partial charge in [0.15, 0.2) is 0 Å². The summed E-state index contributed by atoms with van der Waals surface area (Å²) in [5, 5.41) is 4.91. The third kappa shape index (κ3) is 4.25. The van der Waals surface area contributed by atoms with E-state index in [4.69, 9.17) is 0 Å². The van der Waals surface area contributed by atoms with Crippen LogP contribution in [0, 0.1) is 13.8 Å². The number of carbonyl (C=O) groups excluding carboxylic acids is 4. The summed E-state index contributed by atoms with van der Waals surface area (Å²) in [5.41, 5.74) is 4.64. The molecule has 2 aliphatic rings. The molecular formula is C27H25N3O4S. The summed E-state index contributed by atoms with van der Waals surface area (Å²) >= 11 is 1.73. The van der Waals surface area contributed by atoms with Crippen LogP contribution in [0.4, 0.5) is 5.69 Å². The molecule has 3 aromatic rings. The normalized spacial score (nSPS) is 14.7. The summed E-state index contributed by atoms with van der Waals surface area (Å²) in [6, 6.07) is 12.5. The lowest BCUT2D eigenvalue weighted by molar-refractivity contribution is -0.116. The fourth-order valence-corrected chi connectivity index (χ4v) is 5.52. The Hall–Kier alpha value is -3.78. The molecule has 7 nitrogen and oxygen atoms in total. The molecule has 5 rings (SSSR count). The summed E-state index contributed by atoms with van der Waals surface area (Å²) in [6.45, 7) is 4.93. The van der Waals surface area contributed by atoms with Crippen molar-refractivity contribution in [3.8, 4) is 0 Å². The van der Waals surface area contributed by atoms with Crippen LogP contribution in [0.1, 0.15) is 59.1 Å². The molecule has 0 radical (unpaired) electrons. The molecule has 1 aromatic heterocycles. The highest BCUT2D eigenvalue weighted by Crippen LogP contribution is 2.28. The largest absolute Gasteiger partial charge is 0.334 e. The van der Waals surface area contributed by atoms with Gasteiger partial charge in [0.05, 0.1) is 11.1 Å². The molecule has 0 aliphatic carbocycles. The van der Waals surface area contributed by atoms with Gasteiger partial charge in [0.25, 0.3) is 17.7 Å². The molecule has 178 valence electrons. The predicted octanol–water partition coefficient (Wildman–Crippen LogP) is 4.19. The predicted molar refractivity (Wildman–Crippen MR) is 134 cm³/mol. The smallest absolute Gasteiger partial charge is 0.261 e. The first kappa shape index (κ1) is 23.0. The van der Waals surface area contributed by atoms with Crippen LogP contribution in [0.5, 0.6) is 0 Å². The van der Waals surface area contributed by atoms with Gasteiger partial charge in [-0.2, -0.15) is 0 Å². The lowest BCUT2D eigenvalue weighted by atomic mass is 10.0. The van der Waals surface area contributed by atoms with Crippen LogP contribution in [-0.2, 0) is 17.8 Å². The number of nitrogens with zero attached hydrogens (tertiary/aromatic N) is 2. The second kappa shape index (κ2) is 9.11. The molecule has 0 fully saturated rings. The van der Waals surface area contributed by atoms with Gasteiger partial charge in [-0.25, -0.2) is 0 Å². The molecule has 0 bridgehead atoms. The summed E-state index contributed by atoms with van der Waals surface area (Å²) in [5.74, 6) is -1.14. The maximum Gasteiger partial charge on any atom is 0.261 e. The number of hydrogen-bond acceptors (Lipinski definition) is 5. The monoisotopic (exact) mass is 487 g/mol. The van der Waals surface area contributed by atoms with Gasteiger partial charge in [-0.15, -0.1) is 11.3 Å². The zero-order chi connectivity index (χ0) is 24.7. The Morgan fingerprint density at radius 3 is 2.66 bits per heavy atom. The lowest BCUT2D eigenvalue weighted by Gasteiger charge is -2.28. The number of imide groups is 1. The van der Waals surface area contributed by atoms with Crippen molar-refractivity contribution in [1.29, 1.82) is 0 Å². The van der Waals surface area contributed by atoms with E-state index >= 15 is 0 Å². The Morgan fingerprint density at radius 1 is 1.03 bits per heavy atom. The summed E-state index contributed by atoms with van der Waals surface area (Å²) in [7, 11) is 0. The second-order valence-corrected chi connectivity index (χ2v) is 9.93. The number of amides is 4. The van der Waals surface area contributed by atoms with E-state index in [0.29, 0.717) is 41.0 Å². The van der Waals surface area contributed by atoms with E-state index in [-0.39, 0.29) is 36.6 Å². The Kier molecular flexibility index (Phi) is 5.98. The van der Waals surface area contributed by atoms with E-state index in [1.165, 1.54) is 10.4 Å². The highest BCUT2D eigenvalue weighted by Gasteiger charge is 2.35. The van der Waals surface area contributed by atoms with Crippen LogP contribution in [0.2, 0.25) is 0 Å². The van der Waals surface area contributed by atoms with Crippen LogP contribution >= 0.6 is 11.3 Å². The highest BCUT2D eigenvalue weighted by atomic mass is 32.1. The van der Waals surface area contributed by atoms with Crippen molar-refractivity contribution in [2.45, 2.75) is 33.2 Å². The molecular weight excluding hydrogens is 462 g/mol. The van der Waals surface area contributed by atoms with Crippen molar-refractivity contribution < 1.29 is 19.2 Å². The number of nitrogens with one attached hydrogen (secondary N) is 1. The Balaban J connectivity index is 1.24. The number of carbonyl (C=O) groups is 4. The van der Waals surface area contributed by atoms with Gasteiger partial charge >= 0.3 is 0 Å². The van der Waals surface area contributed by atoms with E-state index in [1.54, 1.807) is 47.7 Å². The van der Waals surface area contributed by atoms with E-state index in [0.717, 1.165) is 16.9 Å². The number of anilines is 1. The third-order valence-corrected chi connectivity index (χ3v) is 7.64. The van der Waals surface area contributed by atoms with E-state index < -0.39 is 0 Å². The number of rotatable bonds is 5. The molecule has 1 N–H and O–H groups in total. The molecule has 2 aliphatic heterocycles. The molecule has 0 atom stereocenters. The number of fused-ring (bicyclic) bond motifs is 2. The Morgan fingerprint density at radius 2 is 1.83 bits per heavy atom. The first-order valence-corrected chi connectivity index (χ1v) is 12.4. The van der Waals surface area contributed by atoms with Crippen LogP contribution in [0.3, 0.4) is 0 Å². The van der Waals surface area contributed by atoms with Gasteiger partial charge < -0.3 is 10.2 Å². The van der Waals surface area contributed by atoms with E-state index in [9.17, 15) is 19.2 Å². The third-order valence-electron chi connectivity index (χ3n) is 6.62. The van der Waals surface area contributed by atoms with Crippen molar-refractivity contribution in [1.82, 2.24) is 9.80 Å². The molecule has 4 amide bonds. The van der Waals surface area contributed by atoms with Crippen molar-refractivity contribution in [3.63, 3.8) is 0 Å². The zero-order valence-electron chi connectivity index (χ0n) is 19.6. The summed E-state index contributed by atoms with van der Waals surface area (Å²) in [4.78, 5) is 55.5. The summed E-state index contributed by atoms with van der Waals surface area (Å²) in [6.07, 6.45) is 0.820. The highest BCUT2D eigenvalue weighted by molar-refractivity contribution is 7.10. The summed E-state index contributed by atoms with van der Waals surface area (Å²) < 4.78 is 0. The van der Waals surface area contributed by atoms with Crippen molar-refractivity contribution in [2.75, 3.05) is 18.4 Å². The minimum absolute atomic E-state index is 0.00828. The standard InChI is InChI=1S/C27H25N3O4S/c1-16-6-7-20-21(14-16)27(34)30(26(20)33)12-9-24(31)28-22-5-3-4-19(17(22)2)25(32)29-11-8-23-18(15-29)10-13-35-23/h3-7,10,13-14H,8-9,11-12,15H2,1-2H3,(H,28,31). The minimum atomic E-state index is -0.378. The van der Waals surface area contributed by atoms with Gasteiger partial charge in [0.2, 0.25) is 5.91 Å². The van der Waals surface area contributed by atoms with Crippen LogP contribution < -0.4 is 5.32 Å². The van der Waals surface area contributed by atoms with Gasteiger partial charge in [0.1, 0.15) is 0 Å². The van der Waals surface area contributed by atoms with Crippen LogP contribution in [-0.4, -0.2) is 46.5 Å². The fraction of sp³-hybridized carbons (Fsp3) is 0.259. The van der Waals surface area contributed by atoms with Crippen molar-refractivity contribution >= 4 is 40.7 Å². The van der Waals surface area contributed by atoms with Gasteiger partial charge in [-0.3, -0.25) is 24.1 Å². The quantitative estimate of drug-likeness (QED) is 0.547. The topological polar surface area (TPSA) is 86.8 Å². The molecule has 35 heavy (non-hydrogen) atoms. The van der Waals surface area contributed by atoms with Gasteiger partial charge in [0, 0.05) is 42.2 Å². The maximum atomic E-state index is 13.2. The van der Waals surface area contributed by atoms with Crippen LogP contribution in [0.25, 0.3) is 0 Å². The minimum Gasteiger partial charge on any atom is -0.334 e. The number of hydrogen-bond donors (Lipinski definition) is 1. The first-order chi connectivity index (χ1) is 16.8. The molecule has 3 heterocycles. The fourth-order valence-electron chi connectivity index (χ4n) is 4.63. The van der Waals surface area contributed by atoms with Crippen molar-refractivity contribution in [2.24, 2.45) is 0 Å². The lowest BCUT2D eigenvalue weighted by Crippen LogP contribution is -2.35. The average molecular weight is 488 g/mol. The molecule has 8 heteroatoms. The van der Waals surface area contributed by atoms with Gasteiger partial charge in [-0.1, -0.05) is 17.7 Å². The van der Waals surface area contributed by atoms with Crippen LogP contribution in [0.15, 0.2) is 47.8 Å². The second-order valence-electron chi connectivity index (χ2n) is 8.93. The molecule has 0 saturated heterocycles. The Bertz CT molecular complexity index is 1380. The molecule has 0 spiro atoms. The van der Waals surface area contributed by atoms with E-state index in [2.05, 4.69) is 16.8 Å². The van der Waals surface area contributed by atoms with Gasteiger partial charge in [-0.05, 0) is 67.1 Å². The Labute approximate surface area is 207 Å². The number of aryl methyl sites for hydroxylation is 1. The number of thiophene rings is 1. The number of benzene rings is 2. The zero-order valence-corrected chi connectivity index (χ0v) is 20.4. The first-order valence-electron chi connectivity index (χ1n) is 11.5. The maximum absolute atomic E-state index is 13.2. The molecule has 0 saturated carbocycles. The average Bonchev–Trinajstić information content (AvgIpc) is 3.41. The SMILES string of the molecule is Cc1ccc2c(c1)C(=O)N(CCC(=O)Nc1cccc(C(=O)N3CCc4sccc4C3)c1C)C2=O. The van der Waals surface area contributed by atoms with Crippen molar-refractivity contribution in [3.05, 3.63) is 86.1 Å². The molecule has 2 aromatic carbocycles.